The third-order valence-electron chi connectivity index (χ3n) is 5.61. The number of aromatic nitrogens is 4. The molecule has 0 fully saturated rings. The lowest BCUT2D eigenvalue weighted by molar-refractivity contribution is -0.149. The molecule has 0 amide bonds. The summed E-state index contributed by atoms with van der Waals surface area (Å²) >= 11 is 0. The molecule has 4 rings (SSSR count). The van der Waals surface area contributed by atoms with Crippen LogP contribution in [0.1, 0.15) is 25.1 Å². The summed E-state index contributed by atoms with van der Waals surface area (Å²) in [4.78, 5) is 24.2. The quantitative estimate of drug-likeness (QED) is 0.415. The zero-order chi connectivity index (χ0) is 22.7. The predicted octanol–water partition coefficient (Wildman–Crippen LogP) is 3.92. The Morgan fingerprint density at radius 1 is 1.06 bits per heavy atom. The fourth-order valence-electron chi connectivity index (χ4n) is 3.88. The molecule has 0 aliphatic carbocycles. The normalized spacial score (nSPS) is 13.0. The number of fused-ring (bicyclic) bond motifs is 1. The van der Waals surface area contributed by atoms with Gasteiger partial charge in [-0.1, -0.05) is 30.3 Å². The Hall–Kier alpha value is -3.74. The first kappa shape index (κ1) is 21.5. The van der Waals surface area contributed by atoms with E-state index in [-0.39, 0.29) is 5.97 Å². The van der Waals surface area contributed by atoms with Crippen LogP contribution in [0.3, 0.4) is 0 Å². The number of rotatable bonds is 7. The van der Waals surface area contributed by atoms with E-state index in [0.717, 1.165) is 28.2 Å². The number of hydrogen-bond acceptors (Lipinski definition) is 6. The zero-order valence-electron chi connectivity index (χ0n) is 18.8. The van der Waals surface area contributed by atoms with Crippen LogP contribution in [0.2, 0.25) is 0 Å². The predicted molar refractivity (Wildman–Crippen MR) is 125 cm³/mol. The number of esters is 1. The molecule has 32 heavy (non-hydrogen) atoms. The van der Waals surface area contributed by atoms with Gasteiger partial charge in [0.15, 0.2) is 5.65 Å². The number of hydrogen-bond donors (Lipinski definition) is 0. The molecule has 0 bridgehead atoms. The van der Waals surface area contributed by atoms with E-state index in [0.29, 0.717) is 18.7 Å². The molecular weight excluding hydrogens is 402 g/mol. The van der Waals surface area contributed by atoms with Crippen molar-refractivity contribution in [2.45, 2.75) is 25.7 Å². The molecule has 1 aromatic carbocycles. The summed E-state index contributed by atoms with van der Waals surface area (Å²) in [5.41, 5.74) is 3.28. The Labute approximate surface area is 187 Å². The molecule has 1 unspecified atom stereocenters. The van der Waals surface area contributed by atoms with Crippen molar-refractivity contribution in [3.05, 3.63) is 78.4 Å². The largest absolute Gasteiger partial charge is 0.465 e. The smallest absolute Gasteiger partial charge is 0.318 e. The van der Waals surface area contributed by atoms with E-state index in [1.807, 2.05) is 87.6 Å². The number of pyridine rings is 1. The molecule has 0 saturated carbocycles. The molecule has 0 aliphatic heterocycles. The van der Waals surface area contributed by atoms with Crippen molar-refractivity contribution in [2.24, 2.45) is 0 Å². The van der Waals surface area contributed by atoms with Crippen molar-refractivity contribution >= 4 is 17.4 Å². The van der Waals surface area contributed by atoms with Gasteiger partial charge in [0.1, 0.15) is 11.2 Å². The highest BCUT2D eigenvalue weighted by Crippen LogP contribution is 2.32. The van der Waals surface area contributed by atoms with Gasteiger partial charge in [-0.2, -0.15) is 5.10 Å². The van der Waals surface area contributed by atoms with Gasteiger partial charge in [-0.3, -0.25) is 4.79 Å². The maximum absolute atomic E-state index is 13.2. The second-order valence-electron chi connectivity index (χ2n) is 8.14. The first-order valence-electron chi connectivity index (χ1n) is 10.6. The van der Waals surface area contributed by atoms with E-state index in [1.54, 1.807) is 16.9 Å². The van der Waals surface area contributed by atoms with Gasteiger partial charge in [0.05, 0.1) is 18.5 Å². The van der Waals surface area contributed by atoms with Crippen LogP contribution in [0.4, 0.5) is 5.82 Å². The molecule has 0 saturated heterocycles. The second kappa shape index (κ2) is 8.78. The lowest BCUT2D eigenvalue weighted by Crippen LogP contribution is -2.38. The van der Waals surface area contributed by atoms with Crippen LogP contribution in [0.25, 0.3) is 16.8 Å². The molecule has 0 spiro atoms. The van der Waals surface area contributed by atoms with E-state index in [9.17, 15) is 4.79 Å². The average Bonchev–Trinajstić information content (AvgIpc) is 3.24. The molecule has 1 atom stereocenters. The number of carbonyl (C=O) groups excluding carboxylic acids is 1. The molecule has 4 aromatic rings. The summed E-state index contributed by atoms with van der Waals surface area (Å²) in [6, 6.07) is 15.7. The highest BCUT2D eigenvalue weighted by atomic mass is 16.5. The van der Waals surface area contributed by atoms with Gasteiger partial charge in [0, 0.05) is 37.6 Å². The Balaban J connectivity index is 1.82. The standard InChI is InChI=1S/C25H27N5O2/c1-5-32-24(31)25(2,15-18-9-7-6-8-10-18)21-13-14-26-23-20(17-28-30(21)23)19-11-12-22(27-16-19)29(3)4/h6-14,16-17H,5,15H2,1-4H3. The Morgan fingerprint density at radius 2 is 1.84 bits per heavy atom. The molecule has 0 N–H and O–H groups in total. The summed E-state index contributed by atoms with van der Waals surface area (Å²) in [7, 11) is 3.90. The van der Waals surface area contributed by atoms with Crippen LogP contribution in [-0.4, -0.2) is 46.3 Å². The number of benzene rings is 1. The van der Waals surface area contributed by atoms with E-state index in [4.69, 9.17) is 4.74 Å². The van der Waals surface area contributed by atoms with E-state index in [2.05, 4.69) is 15.1 Å². The lowest BCUT2D eigenvalue weighted by atomic mass is 9.80. The summed E-state index contributed by atoms with van der Waals surface area (Å²) < 4.78 is 7.24. The van der Waals surface area contributed by atoms with Crippen molar-refractivity contribution in [1.82, 2.24) is 19.6 Å². The summed E-state index contributed by atoms with van der Waals surface area (Å²) in [6.45, 7) is 4.03. The highest BCUT2D eigenvalue weighted by Gasteiger charge is 2.39. The van der Waals surface area contributed by atoms with E-state index < -0.39 is 5.41 Å². The Kier molecular flexibility index (Phi) is 5.90. The molecule has 0 radical (unpaired) electrons. The van der Waals surface area contributed by atoms with Crippen LogP contribution >= 0.6 is 0 Å². The first-order valence-corrected chi connectivity index (χ1v) is 10.6. The van der Waals surface area contributed by atoms with Gasteiger partial charge < -0.3 is 9.64 Å². The summed E-state index contributed by atoms with van der Waals surface area (Å²) in [5.74, 6) is 0.585. The van der Waals surface area contributed by atoms with Crippen LogP contribution in [-0.2, 0) is 21.4 Å². The third kappa shape index (κ3) is 3.93. The van der Waals surface area contributed by atoms with Crippen molar-refractivity contribution in [2.75, 3.05) is 25.6 Å². The highest BCUT2D eigenvalue weighted by molar-refractivity contribution is 5.84. The van der Waals surface area contributed by atoms with Crippen LogP contribution in [0, 0.1) is 0 Å². The zero-order valence-corrected chi connectivity index (χ0v) is 18.8. The second-order valence-corrected chi connectivity index (χ2v) is 8.14. The van der Waals surface area contributed by atoms with E-state index in [1.165, 1.54) is 0 Å². The fourth-order valence-corrected chi connectivity index (χ4v) is 3.88. The molecule has 7 heteroatoms. The maximum atomic E-state index is 13.2. The van der Waals surface area contributed by atoms with Gasteiger partial charge >= 0.3 is 5.97 Å². The third-order valence-corrected chi connectivity index (χ3v) is 5.61. The Morgan fingerprint density at radius 3 is 2.50 bits per heavy atom. The summed E-state index contributed by atoms with van der Waals surface area (Å²) in [5, 5.41) is 4.61. The van der Waals surface area contributed by atoms with Crippen molar-refractivity contribution in [1.29, 1.82) is 0 Å². The van der Waals surface area contributed by atoms with Gasteiger partial charge in [-0.15, -0.1) is 0 Å². The van der Waals surface area contributed by atoms with Gasteiger partial charge in [0.25, 0.3) is 0 Å². The number of ether oxygens (including phenoxy) is 1. The van der Waals surface area contributed by atoms with Crippen LogP contribution in [0.15, 0.2) is 67.1 Å². The van der Waals surface area contributed by atoms with Crippen LogP contribution in [0.5, 0.6) is 0 Å². The summed E-state index contributed by atoms with van der Waals surface area (Å²) in [6.07, 6.45) is 5.79. The molecule has 0 aliphatic rings. The molecule has 7 nitrogen and oxygen atoms in total. The molecule has 164 valence electrons. The number of carbonyl (C=O) groups is 1. The average molecular weight is 430 g/mol. The minimum absolute atomic E-state index is 0.287. The maximum Gasteiger partial charge on any atom is 0.318 e. The van der Waals surface area contributed by atoms with Crippen molar-refractivity contribution in [3.8, 4) is 11.1 Å². The molecule has 3 aromatic heterocycles. The topological polar surface area (TPSA) is 72.6 Å². The molecule has 3 heterocycles. The molecular formula is C25H27N5O2. The monoisotopic (exact) mass is 429 g/mol. The number of anilines is 1. The minimum atomic E-state index is -0.936. The number of nitrogens with zero attached hydrogens (tertiary/aromatic N) is 5. The SMILES string of the molecule is CCOC(=O)C(C)(Cc1ccccc1)c1ccnc2c(-c3ccc(N(C)C)nc3)cnn12. The Bertz CT molecular complexity index is 1220. The van der Waals surface area contributed by atoms with Crippen molar-refractivity contribution in [3.63, 3.8) is 0 Å². The van der Waals surface area contributed by atoms with Crippen LogP contribution < -0.4 is 4.90 Å². The van der Waals surface area contributed by atoms with Gasteiger partial charge in [-0.25, -0.2) is 14.5 Å². The van der Waals surface area contributed by atoms with Gasteiger partial charge in [-0.05, 0) is 44.0 Å². The lowest BCUT2D eigenvalue weighted by Gasteiger charge is -2.28. The fraction of sp³-hybridized carbons (Fsp3) is 0.280. The van der Waals surface area contributed by atoms with Gasteiger partial charge in [0.2, 0.25) is 0 Å². The first-order chi connectivity index (χ1) is 15.4. The van der Waals surface area contributed by atoms with E-state index >= 15 is 0 Å². The minimum Gasteiger partial charge on any atom is -0.465 e. The van der Waals surface area contributed by atoms with Crippen molar-refractivity contribution < 1.29 is 9.53 Å².